The Labute approximate surface area is 115 Å². The summed E-state index contributed by atoms with van der Waals surface area (Å²) in [5, 5.41) is 0.716. The van der Waals surface area contributed by atoms with Gasteiger partial charge in [-0.3, -0.25) is 0 Å². The van der Waals surface area contributed by atoms with Crippen LogP contribution in [0.3, 0.4) is 0 Å². The van der Waals surface area contributed by atoms with Gasteiger partial charge in [0, 0.05) is 11.9 Å². The molecule has 0 fully saturated rings. The highest BCUT2D eigenvalue weighted by atomic mass is 79.9. The second-order valence-electron chi connectivity index (χ2n) is 3.85. The number of hydrogen-bond acceptors (Lipinski definition) is 4. The number of sulfonamides is 2. The van der Waals surface area contributed by atoms with Gasteiger partial charge in [0.2, 0.25) is 0 Å². The molecule has 0 radical (unpaired) electrons. The van der Waals surface area contributed by atoms with Crippen LogP contribution < -0.4 is 0 Å². The summed E-state index contributed by atoms with van der Waals surface area (Å²) in [7, 11) is -7.81. The Hall–Kier alpha value is -0.440. The Balaban J connectivity index is 2.46. The lowest BCUT2D eigenvalue weighted by molar-refractivity contribution is 0.500. The molecule has 100 valence electrons. The minimum Gasteiger partial charge on any atom is -0.206 e. The zero-order chi connectivity index (χ0) is 13.4. The predicted molar refractivity (Wildman–Crippen MR) is 70.5 cm³/mol. The number of alkyl halides is 1. The van der Waals surface area contributed by atoms with Crippen LogP contribution in [0.4, 0.5) is 0 Å². The monoisotopic (exact) mass is 353 g/mol. The van der Waals surface area contributed by atoms with Crippen molar-refractivity contribution in [2.75, 3.05) is 11.9 Å². The third kappa shape index (κ3) is 2.11. The Morgan fingerprint density at radius 3 is 1.89 bits per heavy atom. The fraction of sp³-hybridized carbons (Fsp3) is 0.400. The number of halogens is 1. The van der Waals surface area contributed by atoms with Crippen LogP contribution in [-0.2, 0) is 20.0 Å². The minimum atomic E-state index is -3.90. The van der Waals surface area contributed by atoms with E-state index in [0.717, 1.165) is 6.42 Å². The summed E-state index contributed by atoms with van der Waals surface area (Å²) in [6.07, 6.45) is 1.22. The van der Waals surface area contributed by atoms with Crippen molar-refractivity contribution in [2.24, 2.45) is 0 Å². The molecule has 0 aromatic heterocycles. The van der Waals surface area contributed by atoms with Crippen molar-refractivity contribution < 1.29 is 16.8 Å². The lowest BCUT2D eigenvalue weighted by atomic mass is 10.3. The van der Waals surface area contributed by atoms with E-state index in [2.05, 4.69) is 15.9 Å². The summed E-state index contributed by atoms with van der Waals surface area (Å²) in [5.41, 5.74) is 0. The molecule has 1 heterocycles. The Kier molecular flexibility index (Phi) is 3.82. The Bertz CT molecular complexity index is 601. The standard InChI is InChI=1S/C10H12BrNO4S2/c11-7-3-4-8-12-17(13,14)9-5-1-2-6-10(9)18(12,15)16/h1-2,5-6H,3-4,7-8H2. The second kappa shape index (κ2) is 4.92. The molecule has 18 heavy (non-hydrogen) atoms. The number of nitrogens with zero attached hydrogens (tertiary/aromatic N) is 1. The van der Waals surface area contributed by atoms with E-state index in [9.17, 15) is 16.8 Å². The molecule has 0 bridgehead atoms. The molecule has 0 aliphatic carbocycles. The quantitative estimate of drug-likeness (QED) is 0.608. The highest BCUT2D eigenvalue weighted by Crippen LogP contribution is 2.36. The van der Waals surface area contributed by atoms with Gasteiger partial charge in [0.25, 0.3) is 20.0 Å². The van der Waals surface area contributed by atoms with E-state index in [1.165, 1.54) is 24.3 Å². The number of rotatable bonds is 4. The smallest absolute Gasteiger partial charge is 0.206 e. The third-order valence-electron chi connectivity index (χ3n) is 2.67. The van der Waals surface area contributed by atoms with E-state index in [1.54, 1.807) is 0 Å². The normalized spacial score (nSPS) is 20.7. The SMILES string of the molecule is O=S1(=O)c2ccccc2S(=O)(=O)N1CCCCBr. The van der Waals surface area contributed by atoms with E-state index in [1.807, 2.05) is 0 Å². The number of hydrogen-bond donors (Lipinski definition) is 0. The molecule has 1 aliphatic rings. The first-order valence-corrected chi connectivity index (χ1v) is 9.35. The van der Waals surface area contributed by atoms with Crippen LogP contribution >= 0.6 is 15.9 Å². The first kappa shape index (κ1) is 14.0. The van der Waals surface area contributed by atoms with E-state index >= 15 is 0 Å². The van der Waals surface area contributed by atoms with Crippen LogP contribution in [0, 0.1) is 0 Å². The largest absolute Gasteiger partial charge is 0.257 e. The zero-order valence-corrected chi connectivity index (χ0v) is 12.6. The van der Waals surface area contributed by atoms with Crippen LogP contribution in [0.15, 0.2) is 34.1 Å². The van der Waals surface area contributed by atoms with Crippen molar-refractivity contribution in [3.63, 3.8) is 0 Å². The predicted octanol–water partition coefficient (Wildman–Crippen LogP) is 1.55. The molecule has 2 rings (SSSR count). The average molecular weight is 354 g/mol. The molecule has 1 aliphatic heterocycles. The summed E-state index contributed by atoms with van der Waals surface area (Å²) in [6, 6.07) is 5.70. The van der Waals surface area contributed by atoms with Gasteiger partial charge in [-0.1, -0.05) is 31.8 Å². The Morgan fingerprint density at radius 1 is 0.944 bits per heavy atom. The van der Waals surface area contributed by atoms with E-state index < -0.39 is 20.0 Å². The van der Waals surface area contributed by atoms with Gasteiger partial charge < -0.3 is 0 Å². The van der Waals surface area contributed by atoms with Crippen LogP contribution in [0.5, 0.6) is 0 Å². The summed E-state index contributed by atoms with van der Waals surface area (Å²) in [4.78, 5) is -0.243. The minimum absolute atomic E-state index is 0.00898. The molecule has 0 unspecified atom stereocenters. The van der Waals surface area contributed by atoms with Gasteiger partial charge in [-0.2, -0.15) is 0 Å². The molecular formula is C10H12BrNO4S2. The maximum Gasteiger partial charge on any atom is 0.257 e. The molecule has 0 spiro atoms. The van der Waals surface area contributed by atoms with Crippen LogP contribution in [0.25, 0.3) is 0 Å². The van der Waals surface area contributed by atoms with Gasteiger partial charge in [0.1, 0.15) is 9.79 Å². The van der Waals surface area contributed by atoms with E-state index in [-0.39, 0.29) is 16.3 Å². The molecule has 5 nitrogen and oxygen atoms in total. The first-order valence-electron chi connectivity index (χ1n) is 5.35. The van der Waals surface area contributed by atoms with Crippen molar-refractivity contribution in [3.05, 3.63) is 24.3 Å². The highest BCUT2D eigenvalue weighted by molar-refractivity contribution is 9.09. The maximum absolute atomic E-state index is 12.1. The first-order chi connectivity index (χ1) is 8.42. The molecule has 1 aromatic carbocycles. The van der Waals surface area contributed by atoms with Gasteiger partial charge in [-0.25, -0.2) is 16.8 Å². The lowest BCUT2D eigenvalue weighted by Crippen LogP contribution is -2.31. The van der Waals surface area contributed by atoms with Crippen LogP contribution in [-0.4, -0.2) is 32.4 Å². The number of fused-ring (bicyclic) bond motifs is 1. The molecule has 8 heteroatoms. The molecular weight excluding hydrogens is 342 g/mol. The fourth-order valence-corrected chi connectivity index (χ4v) is 6.67. The summed E-state index contributed by atoms with van der Waals surface area (Å²) in [5.74, 6) is 0. The molecule has 0 N–H and O–H groups in total. The van der Waals surface area contributed by atoms with E-state index in [0.29, 0.717) is 15.5 Å². The van der Waals surface area contributed by atoms with Crippen molar-refractivity contribution >= 4 is 36.0 Å². The van der Waals surface area contributed by atoms with Gasteiger partial charge in [0.15, 0.2) is 0 Å². The summed E-state index contributed by atoms with van der Waals surface area (Å²) < 4.78 is 49.1. The molecule has 0 saturated carbocycles. The summed E-state index contributed by atoms with van der Waals surface area (Å²) in [6.45, 7) is -0.00898. The second-order valence-corrected chi connectivity index (χ2v) is 8.53. The summed E-state index contributed by atoms with van der Waals surface area (Å²) >= 11 is 3.23. The number of unbranched alkanes of at least 4 members (excludes halogenated alkanes) is 1. The third-order valence-corrected chi connectivity index (χ3v) is 7.79. The molecule has 1 aromatic rings. The van der Waals surface area contributed by atoms with Gasteiger partial charge >= 0.3 is 0 Å². The molecule has 0 atom stereocenters. The van der Waals surface area contributed by atoms with Crippen molar-refractivity contribution in [1.82, 2.24) is 3.71 Å². The van der Waals surface area contributed by atoms with Crippen molar-refractivity contribution in [2.45, 2.75) is 22.6 Å². The maximum atomic E-state index is 12.1. The Morgan fingerprint density at radius 2 is 1.44 bits per heavy atom. The highest BCUT2D eigenvalue weighted by Gasteiger charge is 2.46. The lowest BCUT2D eigenvalue weighted by Gasteiger charge is -2.12. The van der Waals surface area contributed by atoms with Gasteiger partial charge in [-0.15, -0.1) is 0 Å². The number of benzene rings is 1. The van der Waals surface area contributed by atoms with Gasteiger partial charge in [0.05, 0.1) is 0 Å². The van der Waals surface area contributed by atoms with Gasteiger partial charge in [-0.05, 0) is 25.0 Å². The van der Waals surface area contributed by atoms with Crippen molar-refractivity contribution in [1.29, 1.82) is 0 Å². The topological polar surface area (TPSA) is 71.5 Å². The fourth-order valence-electron chi connectivity index (χ4n) is 1.80. The average Bonchev–Trinajstić information content (AvgIpc) is 2.48. The van der Waals surface area contributed by atoms with Crippen LogP contribution in [0.2, 0.25) is 0 Å². The molecule has 0 saturated heterocycles. The van der Waals surface area contributed by atoms with Crippen LogP contribution in [0.1, 0.15) is 12.8 Å². The zero-order valence-electron chi connectivity index (χ0n) is 9.41. The van der Waals surface area contributed by atoms with E-state index in [4.69, 9.17) is 0 Å². The van der Waals surface area contributed by atoms with Crippen molar-refractivity contribution in [3.8, 4) is 0 Å². The molecule has 0 amide bonds.